The smallest absolute Gasteiger partial charge is 0.266 e. The maximum Gasteiger partial charge on any atom is 0.266 e. The van der Waals surface area contributed by atoms with E-state index in [0.717, 1.165) is 29.9 Å². The second kappa shape index (κ2) is 10.7. The molecule has 1 amide bonds. The van der Waals surface area contributed by atoms with E-state index in [0.29, 0.717) is 18.9 Å². The zero-order chi connectivity index (χ0) is 19.5. The molecule has 0 saturated carbocycles. The Hall–Kier alpha value is -3.26. The molecule has 0 aromatic heterocycles. The van der Waals surface area contributed by atoms with Crippen molar-refractivity contribution in [2.45, 2.75) is 26.7 Å². The van der Waals surface area contributed by atoms with Crippen LogP contribution in [0.25, 0.3) is 6.08 Å². The van der Waals surface area contributed by atoms with Crippen molar-refractivity contribution in [1.29, 1.82) is 5.26 Å². The minimum Gasteiger partial charge on any atom is -0.494 e. The van der Waals surface area contributed by atoms with Crippen molar-refractivity contribution in [2.24, 2.45) is 0 Å². The lowest BCUT2D eigenvalue weighted by atomic mass is 10.1. The van der Waals surface area contributed by atoms with E-state index in [1.807, 2.05) is 37.3 Å². The number of rotatable bonds is 9. The van der Waals surface area contributed by atoms with Crippen LogP contribution in [0.1, 0.15) is 32.3 Å². The van der Waals surface area contributed by atoms with Crippen molar-refractivity contribution in [3.05, 3.63) is 59.7 Å². The van der Waals surface area contributed by atoms with Crippen LogP contribution in [0.5, 0.6) is 11.5 Å². The molecular weight excluding hydrogens is 340 g/mol. The molecule has 0 radical (unpaired) electrons. The van der Waals surface area contributed by atoms with Gasteiger partial charge in [0, 0.05) is 5.69 Å². The normalized spacial score (nSPS) is 10.8. The maximum absolute atomic E-state index is 12.3. The number of hydrogen-bond acceptors (Lipinski definition) is 4. The standard InChI is InChI=1S/C22H24N2O3/c1-3-5-14-27-21-10-6-17(7-11-21)15-18(16-23)22(25)24-19-8-12-20(13-9-19)26-4-2/h6-13,15H,3-5,14H2,1-2H3,(H,24,25)/b18-15+. The van der Waals surface area contributed by atoms with Crippen LogP contribution in [0.4, 0.5) is 5.69 Å². The molecule has 0 heterocycles. The summed E-state index contributed by atoms with van der Waals surface area (Å²) in [6, 6.07) is 16.3. The van der Waals surface area contributed by atoms with E-state index >= 15 is 0 Å². The number of nitriles is 1. The Morgan fingerprint density at radius 3 is 2.26 bits per heavy atom. The molecule has 0 fully saturated rings. The van der Waals surface area contributed by atoms with E-state index in [1.165, 1.54) is 0 Å². The molecule has 5 nitrogen and oxygen atoms in total. The second-order valence-electron chi connectivity index (χ2n) is 5.85. The molecule has 1 N–H and O–H groups in total. The quantitative estimate of drug-likeness (QED) is 0.394. The van der Waals surface area contributed by atoms with Gasteiger partial charge in [-0.15, -0.1) is 0 Å². The third-order valence-corrected chi connectivity index (χ3v) is 3.75. The highest BCUT2D eigenvalue weighted by Crippen LogP contribution is 2.18. The molecule has 0 bridgehead atoms. The SMILES string of the molecule is CCCCOc1ccc(/C=C(\C#N)C(=O)Nc2ccc(OCC)cc2)cc1. The van der Waals surface area contributed by atoms with Crippen molar-refractivity contribution in [3.63, 3.8) is 0 Å². The van der Waals surface area contributed by atoms with Gasteiger partial charge in [0.15, 0.2) is 0 Å². The lowest BCUT2D eigenvalue weighted by Crippen LogP contribution is -2.13. The maximum atomic E-state index is 12.3. The Morgan fingerprint density at radius 1 is 1.04 bits per heavy atom. The summed E-state index contributed by atoms with van der Waals surface area (Å²) in [5, 5.41) is 12.0. The average molecular weight is 364 g/mol. The Bertz CT molecular complexity index is 803. The highest BCUT2D eigenvalue weighted by Gasteiger charge is 2.09. The number of carbonyl (C=O) groups excluding carboxylic acids is 1. The van der Waals surface area contributed by atoms with Crippen LogP contribution in [0.3, 0.4) is 0 Å². The van der Waals surface area contributed by atoms with Gasteiger partial charge >= 0.3 is 0 Å². The fraction of sp³-hybridized carbons (Fsp3) is 0.273. The third-order valence-electron chi connectivity index (χ3n) is 3.75. The van der Waals surface area contributed by atoms with Gasteiger partial charge < -0.3 is 14.8 Å². The van der Waals surface area contributed by atoms with Crippen LogP contribution >= 0.6 is 0 Å². The Balaban J connectivity index is 2.01. The average Bonchev–Trinajstić information content (AvgIpc) is 2.69. The number of nitrogens with one attached hydrogen (secondary N) is 1. The molecule has 0 aliphatic carbocycles. The van der Waals surface area contributed by atoms with Crippen LogP contribution in [-0.2, 0) is 4.79 Å². The van der Waals surface area contributed by atoms with E-state index in [1.54, 1.807) is 30.3 Å². The summed E-state index contributed by atoms with van der Waals surface area (Å²) < 4.78 is 11.0. The topological polar surface area (TPSA) is 71.3 Å². The predicted octanol–water partition coefficient (Wildman–Crippen LogP) is 4.81. The minimum atomic E-state index is -0.454. The Labute approximate surface area is 160 Å². The molecule has 0 spiro atoms. The molecule has 2 aromatic rings. The molecule has 2 aromatic carbocycles. The van der Waals surface area contributed by atoms with Gasteiger partial charge in [-0.3, -0.25) is 4.79 Å². The van der Waals surface area contributed by atoms with Gasteiger partial charge in [0.05, 0.1) is 13.2 Å². The number of carbonyl (C=O) groups is 1. The van der Waals surface area contributed by atoms with Gasteiger partial charge in [0.1, 0.15) is 23.1 Å². The lowest BCUT2D eigenvalue weighted by molar-refractivity contribution is -0.112. The van der Waals surface area contributed by atoms with Gasteiger partial charge in [0.2, 0.25) is 0 Å². The molecule has 0 aliphatic rings. The van der Waals surface area contributed by atoms with Crippen molar-refractivity contribution in [3.8, 4) is 17.6 Å². The van der Waals surface area contributed by atoms with Crippen molar-refractivity contribution in [1.82, 2.24) is 0 Å². The first-order valence-electron chi connectivity index (χ1n) is 9.05. The van der Waals surface area contributed by atoms with E-state index in [-0.39, 0.29) is 5.57 Å². The monoisotopic (exact) mass is 364 g/mol. The van der Waals surface area contributed by atoms with Crippen molar-refractivity contribution >= 4 is 17.7 Å². The fourth-order valence-electron chi connectivity index (χ4n) is 2.31. The zero-order valence-corrected chi connectivity index (χ0v) is 15.7. The lowest BCUT2D eigenvalue weighted by Gasteiger charge is -2.07. The van der Waals surface area contributed by atoms with Crippen molar-refractivity contribution in [2.75, 3.05) is 18.5 Å². The summed E-state index contributed by atoms with van der Waals surface area (Å²) in [4.78, 5) is 12.3. The van der Waals surface area contributed by atoms with Gasteiger partial charge in [-0.2, -0.15) is 5.26 Å². The summed E-state index contributed by atoms with van der Waals surface area (Å²) in [7, 11) is 0. The molecular formula is C22H24N2O3. The van der Waals surface area contributed by atoms with Gasteiger partial charge in [-0.25, -0.2) is 0 Å². The third kappa shape index (κ3) is 6.52. The minimum absolute atomic E-state index is 0.0311. The highest BCUT2D eigenvalue weighted by molar-refractivity contribution is 6.09. The molecule has 5 heteroatoms. The highest BCUT2D eigenvalue weighted by atomic mass is 16.5. The van der Waals surface area contributed by atoms with Gasteiger partial charge in [-0.05, 0) is 61.4 Å². The molecule has 2 rings (SSSR count). The summed E-state index contributed by atoms with van der Waals surface area (Å²) in [5.74, 6) is 1.05. The number of nitrogens with zero attached hydrogens (tertiary/aromatic N) is 1. The molecule has 0 saturated heterocycles. The Morgan fingerprint density at radius 2 is 1.67 bits per heavy atom. The number of amides is 1. The van der Waals surface area contributed by atoms with E-state index in [4.69, 9.17) is 9.47 Å². The summed E-state index contributed by atoms with van der Waals surface area (Å²) >= 11 is 0. The number of hydrogen-bond donors (Lipinski definition) is 1. The molecule has 140 valence electrons. The van der Waals surface area contributed by atoms with Crippen LogP contribution in [0, 0.1) is 11.3 Å². The summed E-state index contributed by atoms with van der Waals surface area (Å²) in [6.45, 7) is 5.28. The predicted molar refractivity (Wildman–Crippen MR) is 107 cm³/mol. The number of benzene rings is 2. The first-order chi connectivity index (χ1) is 13.2. The van der Waals surface area contributed by atoms with E-state index in [2.05, 4.69) is 12.2 Å². The summed E-state index contributed by atoms with van der Waals surface area (Å²) in [5.41, 5.74) is 1.39. The molecule has 0 aliphatic heterocycles. The van der Waals surface area contributed by atoms with Crippen LogP contribution in [0.2, 0.25) is 0 Å². The van der Waals surface area contributed by atoms with E-state index < -0.39 is 5.91 Å². The molecule has 0 unspecified atom stereocenters. The van der Waals surface area contributed by atoms with Crippen LogP contribution in [0.15, 0.2) is 54.1 Å². The second-order valence-corrected chi connectivity index (χ2v) is 5.85. The molecule has 27 heavy (non-hydrogen) atoms. The largest absolute Gasteiger partial charge is 0.494 e. The number of ether oxygens (including phenoxy) is 2. The van der Waals surface area contributed by atoms with Gasteiger partial charge in [-0.1, -0.05) is 25.5 Å². The van der Waals surface area contributed by atoms with Crippen LogP contribution < -0.4 is 14.8 Å². The fourth-order valence-corrected chi connectivity index (χ4v) is 2.31. The summed E-state index contributed by atoms with van der Waals surface area (Å²) in [6.07, 6.45) is 3.64. The Kier molecular flexibility index (Phi) is 7.92. The molecule has 0 atom stereocenters. The van der Waals surface area contributed by atoms with Crippen LogP contribution in [-0.4, -0.2) is 19.1 Å². The zero-order valence-electron chi connectivity index (χ0n) is 15.7. The van der Waals surface area contributed by atoms with Gasteiger partial charge in [0.25, 0.3) is 5.91 Å². The number of unbranched alkanes of at least 4 members (excludes halogenated alkanes) is 1. The number of anilines is 1. The first-order valence-corrected chi connectivity index (χ1v) is 9.05. The van der Waals surface area contributed by atoms with Crippen molar-refractivity contribution < 1.29 is 14.3 Å². The first kappa shape index (κ1) is 20.1. The van der Waals surface area contributed by atoms with E-state index in [9.17, 15) is 10.1 Å².